The standard InChI is InChI=1S/C13H24N2O/c1-7(2)16-6-10(15-14)13-11-8-3-4-9(5-8)12(11)13/h7-13,15H,3-6,14H2,1-2H3. The molecule has 0 aliphatic heterocycles. The maximum Gasteiger partial charge on any atom is 0.0639 e. The molecule has 0 heterocycles. The van der Waals surface area contributed by atoms with Crippen molar-refractivity contribution in [2.45, 2.75) is 45.3 Å². The minimum absolute atomic E-state index is 0.311. The number of fused-ring (bicyclic) bond motifs is 5. The second-order valence-corrected chi connectivity index (χ2v) is 6.22. The van der Waals surface area contributed by atoms with Crippen molar-refractivity contribution in [3.8, 4) is 0 Å². The van der Waals surface area contributed by atoms with Crippen molar-refractivity contribution in [3.05, 3.63) is 0 Å². The molecule has 0 aromatic heterocycles. The lowest BCUT2D eigenvalue weighted by Crippen LogP contribution is -2.42. The quantitative estimate of drug-likeness (QED) is 0.550. The normalized spacial score (nSPS) is 46.1. The number of ether oxygens (including phenoxy) is 1. The zero-order chi connectivity index (χ0) is 11.3. The molecule has 3 aliphatic carbocycles. The van der Waals surface area contributed by atoms with Crippen LogP contribution in [0.15, 0.2) is 0 Å². The summed E-state index contributed by atoms with van der Waals surface area (Å²) in [7, 11) is 0. The molecule has 3 aliphatic rings. The van der Waals surface area contributed by atoms with Crippen LogP contribution in [-0.4, -0.2) is 18.8 Å². The van der Waals surface area contributed by atoms with Crippen LogP contribution in [0.3, 0.4) is 0 Å². The van der Waals surface area contributed by atoms with Gasteiger partial charge in [-0.3, -0.25) is 11.3 Å². The highest BCUT2D eigenvalue weighted by Crippen LogP contribution is 2.70. The first kappa shape index (κ1) is 11.0. The van der Waals surface area contributed by atoms with E-state index in [-0.39, 0.29) is 0 Å². The Morgan fingerprint density at radius 2 is 1.88 bits per heavy atom. The Morgan fingerprint density at radius 1 is 1.25 bits per heavy atom. The fourth-order valence-electron chi connectivity index (χ4n) is 4.50. The Labute approximate surface area is 98.1 Å². The highest BCUT2D eigenvalue weighted by atomic mass is 16.5. The van der Waals surface area contributed by atoms with Gasteiger partial charge in [-0.2, -0.15) is 0 Å². The van der Waals surface area contributed by atoms with Gasteiger partial charge >= 0.3 is 0 Å². The predicted molar refractivity (Wildman–Crippen MR) is 63.5 cm³/mol. The van der Waals surface area contributed by atoms with Gasteiger partial charge < -0.3 is 4.74 Å². The van der Waals surface area contributed by atoms with Gasteiger partial charge in [-0.25, -0.2) is 0 Å². The number of nitrogens with two attached hydrogens (primary N) is 1. The van der Waals surface area contributed by atoms with Crippen molar-refractivity contribution in [2.24, 2.45) is 35.4 Å². The largest absolute Gasteiger partial charge is 0.377 e. The van der Waals surface area contributed by atoms with Crippen molar-refractivity contribution in [1.82, 2.24) is 5.43 Å². The van der Waals surface area contributed by atoms with E-state index in [1.807, 2.05) is 0 Å². The molecule has 0 aromatic rings. The maximum absolute atomic E-state index is 5.71. The monoisotopic (exact) mass is 224 g/mol. The van der Waals surface area contributed by atoms with E-state index in [9.17, 15) is 0 Å². The molecular formula is C13H24N2O. The molecule has 3 heteroatoms. The molecular weight excluding hydrogens is 200 g/mol. The van der Waals surface area contributed by atoms with Crippen LogP contribution >= 0.6 is 0 Å². The third kappa shape index (κ3) is 1.60. The number of hydrogen-bond acceptors (Lipinski definition) is 3. The van der Waals surface area contributed by atoms with E-state index in [2.05, 4.69) is 19.3 Å². The van der Waals surface area contributed by atoms with Crippen molar-refractivity contribution in [2.75, 3.05) is 6.61 Å². The number of nitrogens with one attached hydrogen (secondary N) is 1. The topological polar surface area (TPSA) is 47.3 Å². The van der Waals surface area contributed by atoms with E-state index in [1.54, 1.807) is 0 Å². The van der Waals surface area contributed by atoms with Crippen LogP contribution in [0, 0.1) is 29.6 Å². The van der Waals surface area contributed by atoms with Crippen LogP contribution in [0.25, 0.3) is 0 Å². The molecule has 5 atom stereocenters. The lowest BCUT2D eigenvalue weighted by atomic mass is 9.98. The maximum atomic E-state index is 5.71. The highest BCUT2D eigenvalue weighted by Gasteiger charge is 2.66. The summed E-state index contributed by atoms with van der Waals surface area (Å²) in [6, 6.07) is 0.390. The smallest absolute Gasteiger partial charge is 0.0639 e. The third-order valence-electron chi connectivity index (χ3n) is 5.08. The molecule has 16 heavy (non-hydrogen) atoms. The molecule has 2 bridgehead atoms. The zero-order valence-corrected chi connectivity index (χ0v) is 10.4. The van der Waals surface area contributed by atoms with Crippen LogP contribution in [0.1, 0.15) is 33.1 Å². The molecule has 92 valence electrons. The van der Waals surface area contributed by atoms with Crippen LogP contribution in [0.5, 0.6) is 0 Å². The van der Waals surface area contributed by atoms with E-state index in [0.29, 0.717) is 12.1 Å². The van der Waals surface area contributed by atoms with Gasteiger partial charge in [-0.05, 0) is 62.7 Å². The van der Waals surface area contributed by atoms with E-state index >= 15 is 0 Å². The Morgan fingerprint density at radius 3 is 2.38 bits per heavy atom. The Balaban J connectivity index is 1.57. The molecule has 0 saturated heterocycles. The zero-order valence-electron chi connectivity index (χ0n) is 10.4. The van der Waals surface area contributed by atoms with Gasteiger partial charge in [0.25, 0.3) is 0 Å². The number of hydrogen-bond donors (Lipinski definition) is 2. The van der Waals surface area contributed by atoms with E-state index in [4.69, 9.17) is 10.6 Å². The first-order valence-electron chi connectivity index (χ1n) is 6.80. The minimum Gasteiger partial charge on any atom is -0.377 e. The Hall–Kier alpha value is -0.120. The van der Waals surface area contributed by atoms with Crippen LogP contribution in [0.2, 0.25) is 0 Å². The highest BCUT2D eigenvalue weighted by molar-refractivity contribution is 5.15. The van der Waals surface area contributed by atoms with Crippen molar-refractivity contribution < 1.29 is 4.74 Å². The molecule has 3 N–H and O–H groups in total. The first-order chi connectivity index (χ1) is 7.72. The molecule has 3 nitrogen and oxygen atoms in total. The summed E-state index contributed by atoms with van der Waals surface area (Å²) in [5.74, 6) is 10.5. The number of hydrazine groups is 1. The summed E-state index contributed by atoms with van der Waals surface area (Å²) in [6.45, 7) is 4.96. The van der Waals surface area contributed by atoms with Crippen LogP contribution < -0.4 is 11.3 Å². The van der Waals surface area contributed by atoms with Crippen LogP contribution in [0.4, 0.5) is 0 Å². The second-order valence-electron chi connectivity index (χ2n) is 6.22. The lowest BCUT2D eigenvalue weighted by Gasteiger charge is -2.20. The SMILES string of the molecule is CC(C)OCC(NN)C1C2C3CCC(C3)C21. The van der Waals surface area contributed by atoms with E-state index in [1.165, 1.54) is 19.3 Å². The molecule has 3 saturated carbocycles. The van der Waals surface area contributed by atoms with Gasteiger partial charge in [-0.1, -0.05) is 0 Å². The Kier molecular flexibility index (Phi) is 2.73. The van der Waals surface area contributed by atoms with Gasteiger partial charge in [0, 0.05) is 6.04 Å². The minimum atomic E-state index is 0.311. The average Bonchev–Trinajstić information content (AvgIpc) is 2.69. The van der Waals surface area contributed by atoms with Gasteiger partial charge in [-0.15, -0.1) is 0 Å². The summed E-state index contributed by atoms with van der Waals surface area (Å²) in [5.41, 5.74) is 2.99. The average molecular weight is 224 g/mol. The van der Waals surface area contributed by atoms with Crippen LogP contribution in [-0.2, 0) is 4.74 Å². The van der Waals surface area contributed by atoms with Crippen molar-refractivity contribution >= 4 is 0 Å². The van der Waals surface area contributed by atoms with Gasteiger partial charge in [0.05, 0.1) is 12.7 Å². The first-order valence-corrected chi connectivity index (χ1v) is 6.80. The van der Waals surface area contributed by atoms with Crippen molar-refractivity contribution in [1.29, 1.82) is 0 Å². The Bertz CT molecular complexity index is 253. The molecule has 3 rings (SSSR count). The lowest BCUT2D eigenvalue weighted by molar-refractivity contribution is 0.0530. The van der Waals surface area contributed by atoms with E-state index < -0.39 is 0 Å². The summed E-state index contributed by atoms with van der Waals surface area (Å²) < 4.78 is 5.71. The fourth-order valence-corrected chi connectivity index (χ4v) is 4.50. The summed E-state index contributed by atoms with van der Waals surface area (Å²) in [5, 5.41) is 0. The van der Waals surface area contributed by atoms with E-state index in [0.717, 1.165) is 36.2 Å². The summed E-state index contributed by atoms with van der Waals surface area (Å²) in [6.07, 6.45) is 4.77. The molecule has 3 fully saturated rings. The molecule has 5 unspecified atom stereocenters. The fraction of sp³-hybridized carbons (Fsp3) is 1.00. The van der Waals surface area contributed by atoms with Gasteiger partial charge in [0.1, 0.15) is 0 Å². The van der Waals surface area contributed by atoms with Gasteiger partial charge in [0.2, 0.25) is 0 Å². The second kappa shape index (κ2) is 3.97. The molecule has 0 amide bonds. The molecule has 0 radical (unpaired) electrons. The number of rotatable bonds is 5. The summed E-state index contributed by atoms with van der Waals surface area (Å²) in [4.78, 5) is 0. The van der Waals surface area contributed by atoms with Crippen molar-refractivity contribution in [3.63, 3.8) is 0 Å². The van der Waals surface area contributed by atoms with Gasteiger partial charge in [0.15, 0.2) is 0 Å². The summed E-state index contributed by atoms with van der Waals surface area (Å²) >= 11 is 0. The predicted octanol–water partition coefficient (Wildman–Crippen LogP) is 1.54. The third-order valence-corrected chi connectivity index (χ3v) is 5.08. The molecule has 0 aromatic carbocycles. The molecule has 0 spiro atoms.